The molecular weight excluding hydrogens is 298 g/mol. The van der Waals surface area contributed by atoms with Crippen molar-refractivity contribution in [2.24, 2.45) is 0 Å². The molecule has 0 saturated heterocycles. The van der Waals surface area contributed by atoms with Crippen molar-refractivity contribution in [2.45, 2.75) is 12.5 Å². The number of fused-ring (bicyclic) bond motifs is 1. The third-order valence-electron chi connectivity index (χ3n) is 3.66. The molecule has 2 aromatic heterocycles. The van der Waals surface area contributed by atoms with Crippen LogP contribution in [0.2, 0.25) is 0 Å². The molecule has 1 aliphatic carbocycles. The standard InChI is InChI=1S/C15H13N5O3/c1-23-11-6-8(5-9-7-18-15(22)19-14(9)21)10-3-2-4-17-12(10)13(11)20-16/h2-4,6-7,11H,5H2,1H3,(H2,18,19,21,22). The van der Waals surface area contributed by atoms with Crippen molar-refractivity contribution < 1.29 is 9.53 Å². The van der Waals surface area contributed by atoms with E-state index in [2.05, 4.69) is 19.7 Å². The first-order valence-corrected chi connectivity index (χ1v) is 6.86. The Balaban J connectivity index is 2.11. The van der Waals surface area contributed by atoms with Crippen LogP contribution in [0.15, 0.2) is 40.2 Å². The molecule has 3 rings (SSSR count). The van der Waals surface area contributed by atoms with Crippen LogP contribution in [0.3, 0.4) is 0 Å². The van der Waals surface area contributed by atoms with E-state index in [1.807, 2.05) is 6.07 Å². The van der Waals surface area contributed by atoms with Gasteiger partial charge in [-0.05, 0) is 17.7 Å². The molecule has 23 heavy (non-hydrogen) atoms. The third kappa shape index (κ3) is 2.68. The molecule has 0 amide bonds. The minimum absolute atomic E-state index is 0.281. The summed E-state index contributed by atoms with van der Waals surface area (Å²) < 4.78 is 5.32. The topological polar surface area (TPSA) is 124 Å². The van der Waals surface area contributed by atoms with E-state index >= 15 is 0 Å². The lowest BCUT2D eigenvalue weighted by atomic mass is 9.88. The van der Waals surface area contributed by atoms with E-state index in [1.54, 1.807) is 18.3 Å². The molecule has 8 nitrogen and oxygen atoms in total. The molecule has 0 radical (unpaired) electrons. The van der Waals surface area contributed by atoms with Crippen LogP contribution >= 0.6 is 0 Å². The maximum absolute atomic E-state index is 11.9. The Kier molecular flexibility index (Phi) is 3.84. The lowest BCUT2D eigenvalue weighted by Crippen LogP contribution is -2.30. The fraction of sp³-hybridized carbons (Fsp3) is 0.200. The number of nitrogens with one attached hydrogen (secondary N) is 2. The molecule has 0 saturated carbocycles. The highest BCUT2D eigenvalue weighted by molar-refractivity contribution is 6.06. The number of pyridine rings is 1. The molecule has 8 heteroatoms. The Morgan fingerprint density at radius 2 is 2.26 bits per heavy atom. The second kappa shape index (κ2) is 5.96. The first-order chi connectivity index (χ1) is 11.1. The van der Waals surface area contributed by atoms with Crippen molar-refractivity contribution >= 4 is 11.3 Å². The van der Waals surface area contributed by atoms with E-state index in [9.17, 15) is 15.1 Å². The SMILES string of the molecule is COC1C=C(Cc2c[nH]c(=O)[nH]c2=O)c2cccnc2C1=[N+]=[N-]. The van der Waals surface area contributed by atoms with Gasteiger partial charge in [0, 0.05) is 37.1 Å². The molecule has 1 atom stereocenters. The summed E-state index contributed by atoms with van der Waals surface area (Å²) in [5.74, 6) is 0. The quantitative estimate of drug-likeness (QED) is 0.617. The molecule has 0 aromatic carbocycles. The van der Waals surface area contributed by atoms with Gasteiger partial charge in [-0.1, -0.05) is 6.07 Å². The molecule has 1 unspecified atom stereocenters. The Hall–Kier alpha value is -3.09. The fourth-order valence-electron chi connectivity index (χ4n) is 2.57. The normalized spacial score (nSPS) is 16.5. The number of allylic oxidation sites excluding steroid dienone is 1. The molecule has 2 heterocycles. The minimum atomic E-state index is -0.570. The molecule has 1 aliphatic rings. The van der Waals surface area contributed by atoms with Gasteiger partial charge >= 0.3 is 11.4 Å². The summed E-state index contributed by atoms with van der Waals surface area (Å²) in [5, 5.41) is 0. The summed E-state index contributed by atoms with van der Waals surface area (Å²) >= 11 is 0. The van der Waals surface area contributed by atoms with E-state index in [4.69, 9.17) is 4.74 Å². The average Bonchev–Trinajstić information content (AvgIpc) is 2.56. The first-order valence-electron chi connectivity index (χ1n) is 6.86. The van der Waals surface area contributed by atoms with E-state index < -0.39 is 17.4 Å². The number of aromatic amines is 2. The number of ether oxygens (including phenoxy) is 1. The van der Waals surface area contributed by atoms with Crippen LogP contribution in [-0.2, 0) is 11.2 Å². The number of hydrogen-bond donors (Lipinski definition) is 2. The van der Waals surface area contributed by atoms with Crippen LogP contribution in [0, 0.1) is 0 Å². The van der Waals surface area contributed by atoms with E-state index in [0.29, 0.717) is 17.0 Å². The van der Waals surface area contributed by atoms with Gasteiger partial charge in [-0.25, -0.2) is 9.78 Å². The number of H-pyrrole nitrogens is 2. The number of methoxy groups -OCH3 is 1. The average molecular weight is 311 g/mol. The number of hydrogen-bond acceptors (Lipinski definition) is 4. The predicted molar refractivity (Wildman–Crippen MR) is 82.1 cm³/mol. The van der Waals surface area contributed by atoms with Gasteiger partial charge in [-0.3, -0.25) is 9.78 Å². The minimum Gasteiger partial charge on any atom is -0.365 e. The zero-order chi connectivity index (χ0) is 16.4. The molecule has 0 fully saturated rings. The maximum Gasteiger partial charge on any atom is 0.350 e. The predicted octanol–water partition coefficient (Wildman–Crippen LogP) is 0.132. The number of nitrogens with zero attached hydrogens (tertiary/aromatic N) is 3. The van der Waals surface area contributed by atoms with Crippen molar-refractivity contribution in [2.75, 3.05) is 7.11 Å². The van der Waals surface area contributed by atoms with Crippen molar-refractivity contribution in [1.82, 2.24) is 15.0 Å². The van der Waals surface area contributed by atoms with Crippen molar-refractivity contribution in [1.29, 1.82) is 0 Å². The van der Waals surface area contributed by atoms with Crippen molar-refractivity contribution in [3.8, 4) is 0 Å². The summed E-state index contributed by atoms with van der Waals surface area (Å²) in [6.07, 6.45) is 4.45. The van der Waals surface area contributed by atoms with Gasteiger partial charge in [0.05, 0.1) is 0 Å². The zero-order valence-electron chi connectivity index (χ0n) is 12.2. The second-order valence-electron chi connectivity index (χ2n) is 5.01. The Labute approximate surface area is 130 Å². The number of rotatable bonds is 3. The highest BCUT2D eigenvalue weighted by Crippen LogP contribution is 2.27. The van der Waals surface area contributed by atoms with Gasteiger partial charge in [-0.15, -0.1) is 0 Å². The van der Waals surface area contributed by atoms with Crippen LogP contribution < -0.4 is 11.2 Å². The largest absolute Gasteiger partial charge is 0.365 e. The Morgan fingerprint density at radius 1 is 1.43 bits per heavy atom. The van der Waals surface area contributed by atoms with Gasteiger partial charge in [-0.2, -0.15) is 4.79 Å². The van der Waals surface area contributed by atoms with Crippen molar-refractivity contribution in [3.63, 3.8) is 0 Å². The highest BCUT2D eigenvalue weighted by Gasteiger charge is 2.33. The smallest absolute Gasteiger partial charge is 0.350 e. The second-order valence-corrected chi connectivity index (χ2v) is 5.01. The molecule has 116 valence electrons. The van der Waals surface area contributed by atoms with Crippen LogP contribution in [-0.4, -0.2) is 38.7 Å². The summed E-state index contributed by atoms with van der Waals surface area (Å²) in [4.78, 5) is 35.2. The molecule has 0 bridgehead atoms. The summed E-state index contributed by atoms with van der Waals surface area (Å²) in [6.45, 7) is 0. The highest BCUT2D eigenvalue weighted by atomic mass is 16.5. The van der Waals surface area contributed by atoms with Crippen LogP contribution in [0.4, 0.5) is 0 Å². The Morgan fingerprint density at radius 3 is 2.96 bits per heavy atom. The van der Waals surface area contributed by atoms with E-state index in [0.717, 1.165) is 11.1 Å². The maximum atomic E-state index is 11.9. The van der Waals surface area contributed by atoms with Gasteiger partial charge in [0.1, 0.15) is 0 Å². The molecule has 2 N–H and O–H groups in total. The van der Waals surface area contributed by atoms with Gasteiger partial charge < -0.3 is 15.3 Å². The summed E-state index contributed by atoms with van der Waals surface area (Å²) in [5.41, 5.74) is 11.0. The molecule has 0 spiro atoms. The fourth-order valence-corrected chi connectivity index (χ4v) is 2.57. The lowest BCUT2D eigenvalue weighted by molar-refractivity contribution is -0.0196. The van der Waals surface area contributed by atoms with Gasteiger partial charge in [0.2, 0.25) is 0 Å². The lowest BCUT2D eigenvalue weighted by Gasteiger charge is -2.19. The number of aromatic nitrogens is 3. The monoisotopic (exact) mass is 311 g/mol. The van der Waals surface area contributed by atoms with Crippen LogP contribution in [0.1, 0.15) is 16.8 Å². The molecule has 0 aliphatic heterocycles. The Bertz CT molecular complexity index is 950. The van der Waals surface area contributed by atoms with Gasteiger partial charge in [0.25, 0.3) is 5.56 Å². The molecule has 2 aromatic rings. The van der Waals surface area contributed by atoms with Gasteiger partial charge in [0.15, 0.2) is 11.8 Å². The first kappa shape index (κ1) is 14.8. The van der Waals surface area contributed by atoms with Crippen molar-refractivity contribution in [3.05, 3.63) is 73.8 Å². The summed E-state index contributed by atoms with van der Waals surface area (Å²) in [6, 6.07) is 3.58. The van der Waals surface area contributed by atoms with Crippen LogP contribution in [0.5, 0.6) is 0 Å². The summed E-state index contributed by atoms with van der Waals surface area (Å²) in [7, 11) is 1.49. The van der Waals surface area contributed by atoms with Crippen LogP contribution in [0.25, 0.3) is 11.1 Å². The van der Waals surface area contributed by atoms with E-state index in [1.165, 1.54) is 13.3 Å². The third-order valence-corrected chi connectivity index (χ3v) is 3.66. The molecular formula is C15H13N5O3. The van der Waals surface area contributed by atoms with E-state index in [-0.39, 0.29) is 6.42 Å². The zero-order valence-corrected chi connectivity index (χ0v) is 12.2.